The van der Waals surface area contributed by atoms with E-state index in [9.17, 15) is 8.42 Å². The topological polar surface area (TPSA) is 43.4 Å². The lowest BCUT2D eigenvalue weighted by Crippen LogP contribution is -2.15. The molecule has 0 atom stereocenters. The number of benzene rings is 1. The largest absolute Gasteiger partial charge is 0.493 e. The van der Waals surface area contributed by atoms with Gasteiger partial charge in [0.2, 0.25) is 0 Å². The number of para-hydroxylation sites is 1. The summed E-state index contributed by atoms with van der Waals surface area (Å²) in [6.45, 7) is 5.62. The molecule has 0 spiro atoms. The molecule has 15 heavy (non-hydrogen) atoms. The minimum atomic E-state index is -3.25. The fourth-order valence-electron chi connectivity index (χ4n) is 1.21. The highest BCUT2D eigenvalue weighted by molar-refractivity contribution is 7.92. The van der Waals surface area contributed by atoms with E-state index in [2.05, 4.69) is 0 Å². The first-order chi connectivity index (χ1) is 7.00. The second-order valence-corrected chi connectivity index (χ2v) is 5.95. The van der Waals surface area contributed by atoms with Crippen molar-refractivity contribution in [3.8, 4) is 5.75 Å². The number of rotatable bonds is 4. The van der Waals surface area contributed by atoms with E-state index in [0.29, 0.717) is 12.4 Å². The van der Waals surface area contributed by atoms with Crippen LogP contribution < -0.4 is 4.74 Å². The molecule has 84 valence electrons. The molecule has 1 aromatic rings. The number of hydrogen-bond acceptors (Lipinski definition) is 3. The van der Waals surface area contributed by atoms with Crippen molar-refractivity contribution in [2.75, 3.05) is 6.61 Å². The van der Waals surface area contributed by atoms with Gasteiger partial charge >= 0.3 is 0 Å². The molecule has 0 aromatic heterocycles. The zero-order valence-electron chi connectivity index (χ0n) is 9.23. The van der Waals surface area contributed by atoms with Crippen molar-refractivity contribution < 1.29 is 13.2 Å². The molecule has 4 heteroatoms. The summed E-state index contributed by atoms with van der Waals surface area (Å²) in [5.41, 5.74) is 0. The molecule has 0 radical (unpaired) electrons. The molecule has 0 heterocycles. The van der Waals surface area contributed by atoms with Gasteiger partial charge in [-0.2, -0.15) is 0 Å². The van der Waals surface area contributed by atoms with E-state index in [-0.39, 0.29) is 4.90 Å². The van der Waals surface area contributed by atoms with Crippen LogP contribution in [-0.4, -0.2) is 20.3 Å². The molecule has 0 saturated carbocycles. The SMILES string of the molecule is CCOc1ccccc1S(=O)(=O)C(C)C. The van der Waals surface area contributed by atoms with Crippen LogP contribution in [0.2, 0.25) is 0 Å². The lowest BCUT2D eigenvalue weighted by Gasteiger charge is -2.12. The predicted octanol–water partition coefficient (Wildman–Crippen LogP) is 2.27. The molecule has 0 unspecified atom stereocenters. The smallest absolute Gasteiger partial charge is 0.184 e. The minimum absolute atomic E-state index is 0.279. The van der Waals surface area contributed by atoms with Crippen LogP contribution in [0.15, 0.2) is 29.2 Å². The minimum Gasteiger partial charge on any atom is -0.493 e. The molecule has 0 fully saturated rings. The molecule has 1 aromatic carbocycles. The van der Waals surface area contributed by atoms with Crippen molar-refractivity contribution in [3.63, 3.8) is 0 Å². The summed E-state index contributed by atoms with van der Waals surface area (Å²) in [5.74, 6) is 0.439. The van der Waals surface area contributed by atoms with E-state index >= 15 is 0 Å². The van der Waals surface area contributed by atoms with Crippen molar-refractivity contribution in [2.45, 2.75) is 30.9 Å². The van der Waals surface area contributed by atoms with Gasteiger partial charge in [-0.25, -0.2) is 8.42 Å². The lowest BCUT2D eigenvalue weighted by molar-refractivity contribution is 0.331. The predicted molar refractivity (Wildman–Crippen MR) is 59.9 cm³/mol. The third-order valence-corrected chi connectivity index (χ3v) is 4.27. The summed E-state index contributed by atoms with van der Waals surface area (Å²) in [5, 5.41) is -0.431. The van der Waals surface area contributed by atoms with Gasteiger partial charge < -0.3 is 4.74 Å². The first kappa shape index (κ1) is 12.0. The van der Waals surface area contributed by atoms with Crippen LogP contribution in [0.3, 0.4) is 0 Å². The fourth-order valence-corrected chi connectivity index (χ4v) is 2.40. The maximum atomic E-state index is 11.9. The molecular formula is C11H16O3S. The molecule has 0 aliphatic carbocycles. The Bertz CT molecular complexity index is 421. The average molecular weight is 228 g/mol. The van der Waals surface area contributed by atoms with Gasteiger partial charge in [0.15, 0.2) is 9.84 Å². The van der Waals surface area contributed by atoms with Gasteiger partial charge in [-0.1, -0.05) is 12.1 Å². The molecule has 0 bridgehead atoms. The molecule has 0 aliphatic heterocycles. The van der Waals surface area contributed by atoms with Crippen molar-refractivity contribution >= 4 is 9.84 Å². The molecule has 0 N–H and O–H groups in total. The van der Waals surface area contributed by atoms with Gasteiger partial charge in [-0.05, 0) is 32.9 Å². The van der Waals surface area contributed by atoms with Gasteiger partial charge in [-0.3, -0.25) is 0 Å². The Morgan fingerprint density at radius 3 is 2.40 bits per heavy atom. The average Bonchev–Trinajstić information content (AvgIpc) is 2.18. The summed E-state index contributed by atoms with van der Waals surface area (Å²) >= 11 is 0. The summed E-state index contributed by atoms with van der Waals surface area (Å²) < 4.78 is 29.2. The molecule has 0 aliphatic rings. The van der Waals surface area contributed by atoms with E-state index in [1.54, 1.807) is 38.1 Å². The summed E-state index contributed by atoms with van der Waals surface area (Å²) in [6.07, 6.45) is 0. The van der Waals surface area contributed by atoms with Crippen LogP contribution in [0.25, 0.3) is 0 Å². The van der Waals surface area contributed by atoms with E-state index in [1.165, 1.54) is 0 Å². The molecule has 1 rings (SSSR count). The van der Waals surface area contributed by atoms with E-state index < -0.39 is 15.1 Å². The first-order valence-corrected chi connectivity index (χ1v) is 6.50. The fraction of sp³-hybridized carbons (Fsp3) is 0.455. The Hall–Kier alpha value is -1.03. The maximum Gasteiger partial charge on any atom is 0.184 e. The zero-order valence-corrected chi connectivity index (χ0v) is 10.0. The second-order valence-electron chi connectivity index (χ2n) is 3.47. The van der Waals surface area contributed by atoms with Crippen LogP contribution in [0.5, 0.6) is 5.75 Å². The molecule has 0 saturated heterocycles. The third kappa shape index (κ3) is 2.50. The third-order valence-electron chi connectivity index (χ3n) is 2.08. The Kier molecular flexibility index (Phi) is 3.74. The molecular weight excluding hydrogens is 212 g/mol. The first-order valence-electron chi connectivity index (χ1n) is 4.96. The lowest BCUT2D eigenvalue weighted by atomic mass is 10.3. The number of sulfone groups is 1. The monoisotopic (exact) mass is 228 g/mol. The quantitative estimate of drug-likeness (QED) is 0.794. The van der Waals surface area contributed by atoms with Crippen molar-refractivity contribution in [1.29, 1.82) is 0 Å². The maximum absolute atomic E-state index is 11.9. The summed E-state index contributed by atoms with van der Waals surface area (Å²) in [4.78, 5) is 0.279. The van der Waals surface area contributed by atoms with E-state index in [4.69, 9.17) is 4.74 Å². The van der Waals surface area contributed by atoms with Crippen molar-refractivity contribution in [3.05, 3.63) is 24.3 Å². The summed E-state index contributed by atoms with van der Waals surface area (Å²) in [6, 6.07) is 6.74. The van der Waals surface area contributed by atoms with E-state index in [0.717, 1.165) is 0 Å². The highest BCUT2D eigenvalue weighted by Crippen LogP contribution is 2.26. The molecule has 3 nitrogen and oxygen atoms in total. The van der Waals surface area contributed by atoms with Crippen LogP contribution in [-0.2, 0) is 9.84 Å². The van der Waals surface area contributed by atoms with Crippen LogP contribution >= 0.6 is 0 Å². The molecule has 0 amide bonds. The second kappa shape index (κ2) is 4.66. The Balaban J connectivity index is 3.25. The van der Waals surface area contributed by atoms with Crippen LogP contribution in [0.1, 0.15) is 20.8 Å². The van der Waals surface area contributed by atoms with Crippen LogP contribution in [0, 0.1) is 0 Å². The van der Waals surface area contributed by atoms with E-state index in [1.807, 2.05) is 6.92 Å². The number of ether oxygens (including phenoxy) is 1. The zero-order chi connectivity index (χ0) is 11.5. The van der Waals surface area contributed by atoms with Crippen LogP contribution in [0.4, 0.5) is 0 Å². The highest BCUT2D eigenvalue weighted by Gasteiger charge is 2.22. The Morgan fingerprint density at radius 2 is 1.87 bits per heavy atom. The Morgan fingerprint density at radius 1 is 1.27 bits per heavy atom. The van der Waals surface area contributed by atoms with Gasteiger partial charge in [0.1, 0.15) is 10.6 Å². The normalized spacial score (nSPS) is 11.7. The number of hydrogen-bond donors (Lipinski definition) is 0. The van der Waals surface area contributed by atoms with Gasteiger partial charge in [-0.15, -0.1) is 0 Å². The van der Waals surface area contributed by atoms with Crippen molar-refractivity contribution in [2.24, 2.45) is 0 Å². The highest BCUT2D eigenvalue weighted by atomic mass is 32.2. The van der Waals surface area contributed by atoms with Gasteiger partial charge in [0, 0.05) is 0 Å². The van der Waals surface area contributed by atoms with Gasteiger partial charge in [0.05, 0.1) is 11.9 Å². The van der Waals surface area contributed by atoms with Crippen molar-refractivity contribution in [1.82, 2.24) is 0 Å². The van der Waals surface area contributed by atoms with Gasteiger partial charge in [0.25, 0.3) is 0 Å². The standard InChI is InChI=1S/C11H16O3S/c1-4-14-10-7-5-6-8-11(10)15(12,13)9(2)3/h5-9H,4H2,1-3H3. The summed E-state index contributed by atoms with van der Waals surface area (Å²) in [7, 11) is -3.25. The Labute approximate surface area is 91.0 Å².